The van der Waals surface area contributed by atoms with Crippen molar-refractivity contribution in [1.29, 1.82) is 0 Å². The van der Waals surface area contributed by atoms with Crippen LogP contribution < -0.4 is 16.4 Å². The van der Waals surface area contributed by atoms with E-state index in [-0.39, 0.29) is 11.8 Å². The SMILES string of the molecule is NC1CCC(n2cc(C(=O)NCC3CNCCOC3)nn2)CC1. The fraction of sp³-hybridized carbons (Fsp3) is 0.800. The van der Waals surface area contributed by atoms with Crippen LogP contribution in [0.25, 0.3) is 0 Å². The Kier molecular flexibility index (Phi) is 5.58. The highest BCUT2D eigenvalue weighted by Gasteiger charge is 2.22. The van der Waals surface area contributed by atoms with Crippen molar-refractivity contribution >= 4 is 5.91 Å². The fourth-order valence-corrected chi connectivity index (χ4v) is 3.14. The summed E-state index contributed by atoms with van der Waals surface area (Å²) in [5.41, 5.74) is 6.30. The predicted octanol–water partition coefficient (Wildman–Crippen LogP) is -0.314. The van der Waals surface area contributed by atoms with Crippen LogP contribution in [0, 0.1) is 5.92 Å². The summed E-state index contributed by atoms with van der Waals surface area (Å²) in [6.07, 6.45) is 5.74. The Morgan fingerprint density at radius 3 is 3.09 bits per heavy atom. The summed E-state index contributed by atoms with van der Waals surface area (Å²) in [4.78, 5) is 12.2. The zero-order valence-corrected chi connectivity index (χ0v) is 13.4. The third-order valence-corrected chi connectivity index (χ3v) is 4.62. The van der Waals surface area contributed by atoms with Gasteiger partial charge in [-0.1, -0.05) is 5.21 Å². The lowest BCUT2D eigenvalue weighted by atomic mass is 9.92. The number of rotatable bonds is 4. The zero-order chi connectivity index (χ0) is 16.1. The van der Waals surface area contributed by atoms with Gasteiger partial charge >= 0.3 is 0 Å². The second-order valence-electron chi connectivity index (χ2n) is 6.51. The van der Waals surface area contributed by atoms with Gasteiger partial charge in [-0.05, 0) is 25.7 Å². The maximum Gasteiger partial charge on any atom is 0.273 e. The van der Waals surface area contributed by atoms with Crippen LogP contribution in [0.3, 0.4) is 0 Å². The average Bonchev–Trinajstić information content (AvgIpc) is 2.91. The molecule has 0 radical (unpaired) electrons. The van der Waals surface area contributed by atoms with E-state index in [1.165, 1.54) is 0 Å². The fourth-order valence-electron chi connectivity index (χ4n) is 3.14. The summed E-state index contributed by atoms with van der Waals surface area (Å²) >= 11 is 0. The molecule has 1 aliphatic heterocycles. The second kappa shape index (κ2) is 7.85. The van der Waals surface area contributed by atoms with Crippen molar-refractivity contribution in [2.75, 3.05) is 32.8 Å². The smallest absolute Gasteiger partial charge is 0.273 e. The molecule has 23 heavy (non-hydrogen) atoms. The van der Waals surface area contributed by atoms with Gasteiger partial charge in [0.05, 0.1) is 25.5 Å². The molecule has 2 heterocycles. The number of nitrogens with two attached hydrogens (primary N) is 1. The van der Waals surface area contributed by atoms with Gasteiger partial charge in [0, 0.05) is 31.6 Å². The van der Waals surface area contributed by atoms with Gasteiger partial charge in [0.1, 0.15) is 0 Å². The van der Waals surface area contributed by atoms with Crippen LogP contribution in [0.15, 0.2) is 6.20 Å². The Bertz CT molecular complexity index is 504. The molecule has 4 N–H and O–H groups in total. The molecule has 1 aromatic rings. The molecule has 0 spiro atoms. The van der Waals surface area contributed by atoms with Gasteiger partial charge in [0.25, 0.3) is 5.91 Å². The van der Waals surface area contributed by atoms with Gasteiger partial charge in [-0.25, -0.2) is 4.68 Å². The van der Waals surface area contributed by atoms with E-state index in [1.54, 1.807) is 6.20 Å². The normalized spacial score (nSPS) is 29.0. The lowest BCUT2D eigenvalue weighted by molar-refractivity contribution is 0.0917. The quantitative estimate of drug-likeness (QED) is 0.702. The highest BCUT2D eigenvalue weighted by atomic mass is 16.5. The molecule has 128 valence electrons. The molecule has 3 rings (SSSR count). The van der Waals surface area contributed by atoms with Crippen molar-refractivity contribution in [1.82, 2.24) is 25.6 Å². The van der Waals surface area contributed by atoms with Gasteiger partial charge in [-0.2, -0.15) is 0 Å². The molecule has 1 aromatic heterocycles. The number of nitrogens with zero attached hydrogens (tertiary/aromatic N) is 3. The highest BCUT2D eigenvalue weighted by Crippen LogP contribution is 2.26. The summed E-state index contributed by atoms with van der Waals surface area (Å²) in [5.74, 6) is 0.115. The molecule has 1 saturated carbocycles. The zero-order valence-electron chi connectivity index (χ0n) is 13.4. The third-order valence-electron chi connectivity index (χ3n) is 4.62. The lowest BCUT2D eigenvalue weighted by Gasteiger charge is -2.25. The molecule has 2 aliphatic rings. The molecule has 1 atom stereocenters. The average molecular weight is 322 g/mol. The standard InChI is InChI=1S/C15H26N6O2/c16-12-1-3-13(4-2-12)21-9-14(19-20-21)15(22)18-8-11-7-17-5-6-23-10-11/h9,11-13,17H,1-8,10,16H2,(H,18,22). The summed E-state index contributed by atoms with van der Waals surface area (Å²) < 4.78 is 7.30. The number of carbonyl (C=O) groups excluding carboxylic acids is 1. The highest BCUT2D eigenvalue weighted by molar-refractivity contribution is 5.91. The van der Waals surface area contributed by atoms with Gasteiger partial charge in [-0.3, -0.25) is 4.79 Å². The van der Waals surface area contributed by atoms with E-state index in [1.807, 2.05) is 4.68 Å². The number of hydrogen-bond donors (Lipinski definition) is 3. The van der Waals surface area contributed by atoms with Gasteiger partial charge < -0.3 is 21.1 Å². The Morgan fingerprint density at radius 1 is 1.43 bits per heavy atom. The first-order valence-electron chi connectivity index (χ1n) is 8.46. The Morgan fingerprint density at radius 2 is 2.26 bits per heavy atom. The van der Waals surface area contributed by atoms with Gasteiger partial charge in [-0.15, -0.1) is 5.10 Å². The van der Waals surface area contributed by atoms with E-state index in [9.17, 15) is 4.79 Å². The van der Waals surface area contributed by atoms with Crippen molar-refractivity contribution in [3.05, 3.63) is 11.9 Å². The van der Waals surface area contributed by atoms with Crippen LogP contribution in [-0.2, 0) is 4.74 Å². The summed E-state index contributed by atoms with van der Waals surface area (Å²) in [6.45, 7) is 3.70. The van der Waals surface area contributed by atoms with Crippen molar-refractivity contribution < 1.29 is 9.53 Å². The van der Waals surface area contributed by atoms with Crippen molar-refractivity contribution in [3.63, 3.8) is 0 Å². The van der Waals surface area contributed by atoms with E-state index in [4.69, 9.17) is 10.5 Å². The lowest BCUT2D eigenvalue weighted by Crippen LogP contribution is -2.35. The minimum absolute atomic E-state index is 0.173. The van der Waals surface area contributed by atoms with Gasteiger partial charge in [0.2, 0.25) is 0 Å². The van der Waals surface area contributed by atoms with Crippen molar-refractivity contribution in [3.8, 4) is 0 Å². The largest absolute Gasteiger partial charge is 0.380 e. The third kappa shape index (κ3) is 4.49. The monoisotopic (exact) mass is 322 g/mol. The number of aromatic nitrogens is 3. The molecule has 0 aromatic carbocycles. The van der Waals surface area contributed by atoms with E-state index < -0.39 is 0 Å². The van der Waals surface area contributed by atoms with Crippen LogP contribution in [0.5, 0.6) is 0 Å². The first-order chi connectivity index (χ1) is 11.2. The van der Waals surface area contributed by atoms with Gasteiger partial charge in [0.15, 0.2) is 5.69 Å². The molecule has 2 fully saturated rings. The topological polar surface area (TPSA) is 107 Å². The van der Waals surface area contributed by atoms with E-state index in [0.29, 0.717) is 30.9 Å². The Labute approximate surface area is 136 Å². The van der Waals surface area contributed by atoms with Crippen LogP contribution in [0.1, 0.15) is 42.2 Å². The number of hydrogen-bond acceptors (Lipinski definition) is 6. The number of carbonyl (C=O) groups is 1. The maximum atomic E-state index is 12.2. The minimum atomic E-state index is -0.173. The number of nitrogens with one attached hydrogen (secondary N) is 2. The number of ether oxygens (including phenoxy) is 1. The summed E-state index contributed by atoms with van der Waals surface area (Å²) in [5, 5.41) is 14.4. The molecule has 1 aliphatic carbocycles. The molecule has 8 nitrogen and oxygen atoms in total. The summed E-state index contributed by atoms with van der Waals surface area (Å²) in [6, 6.07) is 0.608. The molecule has 1 saturated heterocycles. The van der Waals surface area contributed by atoms with Crippen molar-refractivity contribution in [2.24, 2.45) is 11.7 Å². The number of amides is 1. The van der Waals surface area contributed by atoms with Crippen LogP contribution in [0.4, 0.5) is 0 Å². The predicted molar refractivity (Wildman–Crippen MR) is 85.0 cm³/mol. The second-order valence-corrected chi connectivity index (χ2v) is 6.51. The maximum absolute atomic E-state index is 12.2. The van der Waals surface area contributed by atoms with E-state index >= 15 is 0 Å². The first-order valence-corrected chi connectivity index (χ1v) is 8.46. The molecular formula is C15H26N6O2. The van der Waals surface area contributed by atoms with Crippen LogP contribution >= 0.6 is 0 Å². The van der Waals surface area contributed by atoms with E-state index in [2.05, 4.69) is 20.9 Å². The molecule has 1 unspecified atom stereocenters. The van der Waals surface area contributed by atoms with E-state index in [0.717, 1.165) is 45.4 Å². The molecule has 1 amide bonds. The molecule has 0 bridgehead atoms. The summed E-state index contributed by atoms with van der Waals surface area (Å²) in [7, 11) is 0. The first kappa shape index (κ1) is 16.4. The molecule has 8 heteroatoms. The minimum Gasteiger partial charge on any atom is -0.380 e. The Balaban J connectivity index is 1.49. The van der Waals surface area contributed by atoms with Crippen molar-refractivity contribution in [2.45, 2.75) is 37.8 Å². The molecular weight excluding hydrogens is 296 g/mol. The Hall–Kier alpha value is -1.51. The van der Waals surface area contributed by atoms with Crippen LogP contribution in [-0.4, -0.2) is 59.8 Å². The van der Waals surface area contributed by atoms with Crippen LogP contribution in [0.2, 0.25) is 0 Å².